The Kier molecular flexibility index (Phi) is 3.43. The van der Waals surface area contributed by atoms with E-state index in [9.17, 15) is 23.1 Å². The van der Waals surface area contributed by atoms with Crippen LogP contribution in [-0.2, 0) is 11.0 Å². The van der Waals surface area contributed by atoms with Crippen molar-refractivity contribution in [3.63, 3.8) is 0 Å². The standard InChI is InChI=1S/C13H13F3O3/c14-13(15,16)8-3-4-9(11(17)5-8)10(6-12(18)19)7-1-2-7/h3-5,7,10,17H,1-2,6H2,(H,18,19). The van der Waals surface area contributed by atoms with Crippen LogP contribution >= 0.6 is 0 Å². The molecule has 1 fully saturated rings. The van der Waals surface area contributed by atoms with E-state index in [1.54, 1.807) is 0 Å². The second-order valence-electron chi connectivity index (χ2n) is 4.81. The Bertz CT molecular complexity index is 492. The minimum absolute atomic E-state index is 0.138. The summed E-state index contributed by atoms with van der Waals surface area (Å²) in [6, 6.07) is 2.73. The number of hydrogen-bond donors (Lipinski definition) is 2. The van der Waals surface area contributed by atoms with Crippen molar-refractivity contribution in [3.8, 4) is 5.75 Å². The van der Waals surface area contributed by atoms with Crippen molar-refractivity contribution < 1.29 is 28.2 Å². The molecule has 19 heavy (non-hydrogen) atoms. The lowest BCUT2D eigenvalue weighted by molar-refractivity contribution is -0.138. The monoisotopic (exact) mass is 274 g/mol. The van der Waals surface area contributed by atoms with Crippen LogP contribution in [0.2, 0.25) is 0 Å². The number of aromatic hydroxyl groups is 1. The van der Waals surface area contributed by atoms with Gasteiger partial charge >= 0.3 is 12.1 Å². The predicted molar refractivity (Wildman–Crippen MR) is 60.8 cm³/mol. The first-order valence-electron chi connectivity index (χ1n) is 5.91. The second kappa shape index (κ2) is 4.75. The summed E-state index contributed by atoms with van der Waals surface area (Å²) in [6.45, 7) is 0. The maximum Gasteiger partial charge on any atom is 0.416 e. The molecular weight excluding hydrogens is 261 g/mol. The maximum atomic E-state index is 12.5. The van der Waals surface area contributed by atoms with Gasteiger partial charge in [0.1, 0.15) is 5.75 Å². The third-order valence-electron chi connectivity index (χ3n) is 3.34. The summed E-state index contributed by atoms with van der Waals surface area (Å²) in [5.74, 6) is -1.78. The number of benzene rings is 1. The quantitative estimate of drug-likeness (QED) is 0.884. The molecule has 1 unspecified atom stereocenters. The number of rotatable bonds is 4. The van der Waals surface area contributed by atoms with E-state index in [1.807, 2.05) is 0 Å². The van der Waals surface area contributed by atoms with Crippen molar-refractivity contribution in [2.75, 3.05) is 0 Å². The Labute approximate surface area is 107 Å². The van der Waals surface area contributed by atoms with E-state index in [0.29, 0.717) is 6.07 Å². The van der Waals surface area contributed by atoms with Crippen molar-refractivity contribution >= 4 is 5.97 Å². The van der Waals surface area contributed by atoms with Gasteiger partial charge in [-0.1, -0.05) is 6.07 Å². The summed E-state index contributed by atoms with van der Waals surface area (Å²) in [4.78, 5) is 10.8. The van der Waals surface area contributed by atoms with Crippen molar-refractivity contribution in [1.29, 1.82) is 0 Å². The highest BCUT2D eigenvalue weighted by Crippen LogP contribution is 2.47. The van der Waals surface area contributed by atoms with E-state index in [4.69, 9.17) is 5.11 Å². The average Bonchev–Trinajstić information content (AvgIpc) is 3.08. The van der Waals surface area contributed by atoms with E-state index in [2.05, 4.69) is 0 Å². The lowest BCUT2D eigenvalue weighted by Gasteiger charge is -2.17. The number of carbonyl (C=O) groups is 1. The van der Waals surface area contributed by atoms with E-state index in [1.165, 1.54) is 6.07 Å². The molecule has 0 bridgehead atoms. The number of hydrogen-bond acceptors (Lipinski definition) is 2. The molecule has 2 rings (SSSR count). The zero-order chi connectivity index (χ0) is 14.2. The van der Waals surface area contributed by atoms with Crippen LogP contribution < -0.4 is 0 Å². The maximum absolute atomic E-state index is 12.5. The fraction of sp³-hybridized carbons (Fsp3) is 0.462. The van der Waals surface area contributed by atoms with Crippen LogP contribution in [0.25, 0.3) is 0 Å². The fourth-order valence-electron chi connectivity index (χ4n) is 2.25. The van der Waals surface area contributed by atoms with E-state index in [-0.39, 0.29) is 17.9 Å². The summed E-state index contributed by atoms with van der Waals surface area (Å²) in [6.07, 6.45) is -3.00. The molecule has 104 valence electrons. The van der Waals surface area contributed by atoms with E-state index < -0.39 is 29.4 Å². The lowest BCUT2D eigenvalue weighted by atomic mass is 9.89. The third kappa shape index (κ3) is 3.19. The first-order valence-corrected chi connectivity index (χ1v) is 5.91. The normalized spacial score (nSPS) is 17.2. The molecule has 6 heteroatoms. The van der Waals surface area contributed by atoms with Gasteiger partial charge in [0.15, 0.2) is 0 Å². The van der Waals surface area contributed by atoms with Crippen LogP contribution in [0.4, 0.5) is 13.2 Å². The van der Waals surface area contributed by atoms with Gasteiger partial charge in [-0.05, 0) is 36.5 Å². The van der Waals surface area contributed by atoms with Gasteiger partial charge in [0.05, 0.1) is 12.0 Å². The molecule has 0 aliphatic heterocycles. The Morgan fingerprint density at radius 2 is 2.00 bits per heavy atom. The molecule has 0 aromatic heterocycles. The van der Waals surface area contributed by atoms with Gasteiger partial charge in [0.25, 0.3) is 0 Å². The van der Waals surface area contributed by atoms with Crippen molar-refractivity contribution in [3.05, 3.63) is 29.3 Å². The van der Waals surface area contributed by atoms with Crippen LogP contribution in [-0.4, -0.2) is 16.2 Å². The molecule has 2 N–H and O–H groups in total. The SMILES string of the molecule is O=C(O)CC(c1ccc(C(F)(F)F)cc1O)C1CC1. The number of alkyl halides is 3. The number of carboxylic acids is 1. The fourth-order valence-corrected chi connectivity index (χ4v) is 2.25. The molecule has 1 aliphatic carbocycles. The summed E-state index contributed by atoms with van der Waals surface area (Å²) in [5.41, 5.74) is -0.642. The molecule has 0 radical (unpaired) electrons. The molecule has 1 atom stereocenters. The molecule has 1 aromatic carbocycles. The number of carboxylic acid groups (broad SMARTS) is 1. The van der Waals surface area contributed by atoms with Gasteiger partial charge in [-0.3, -0.25) is 4.79 Å². The van der Waals surface area contributed by atoms with Gasteiger partial charge in [-0.25, -0.2) is 0 Å². The largest absolute Gasteiger partial charge is 0.508 e. The van der Waals surface area contributed by atoms with Crippen LogP contribution in [0.1, 0.15) is 36.3 Å². The van der Waals surface area contributed by atoms with Crippen LogP contribution in [0.5, 0.6) is 5.75 Å². The van der Waals surface area contributed by atoms with Crippen molar-refractivity contribution in [1.82, 2.24) is 0 Å². The molecule has 0 saturated heterocycles. The highest BCUT2D eigenvalue weighted by Gasteiger charge is 2.36. The van der Waals surface area contributed by atoms with Gasteiger partial charge in [-0.2, -0.15) is 13.2 Å². The topological polar surface area (TPSA) is 57.5 Å². The molecule has 1 saturated carbocycles. The minimum Gasteiger partial charge on any atom is -0.508 e. The van der Waals surface area contributed by atoms with Crippen LogP contribution in [0.3, 0.4) is 0 Å². The van der Waals surface area contributed by atoms with Gasteiger partial charge in [0.2, 0.25) is 0 Å². The third-order valence-corrected chi connectivity index (χ3v) is 3.34. The summed E-state index contributed by atoms with van der Waals surface area (Å²) in [7, 11) is 0. The molecule has 1 aliphatic rings. The Morgan fingerprint density at radius 3 is 2.42 bits per heavy atom. The Hall–Kier alpha value is -1.72. The summed E-state index contributed by atoms with van der Waals surface area (Å²) >= 11 is 0. The number of aliphatic carboxylic acids is 1. The summed E-state index contributed by atoms with van der Waals surface area (Å²) in [5, 5.41) is 18.6. The second-order valence-corrected chi connectivity index (χ2v) is 4.81. The molecule has 1 aromatic rings. The molecule has 3 nitrogen and oxygen atoms in total. The predicted octanol–water partition coefficient (Wildman–Crippen LogP) is 3.38. The minimum atomic E-state index is -4.52. The molecule has 0 spiro atoms. The average molecular weight is 274 g/mol. The zero-order valence-electron chi connectivity index (χ0n) is 9.94. The Morgan fingerprint density at radius 1 is 1.37 bits per heavy atom. The zero-order valence-corrected chi connectivity index (χ0v) is 9.94. The van der Waals surface area contributed by atoms with Crippen molar-refractivity contribution in [2.45, 2.75) is 31.4 Å². The van der Waals surface area contributed by atoms with Crippen LogP contribution in [0, 0.1) is 5.92 Å². The molecule has 0 heterocycles. The number of halogens is 3. The van der Waals surface area contributed by atoms with Gasteiger partial charge in [0, 0.05) is 5.92 Å². The first-order chi connectivity index (χ1) is 8.79. The van der Waals surface area contributed by atoms with Gasteiger partial charge < -0.3 is 10.2 Å². The number of phenolic OH excluding ortho intramolecular Hbond substituents is 1. The van der Waals surface area contributed by atoms with Crippen LogP contribution in [0.15, 0.2) is 18.2 Å². The first kappa shape index (κ1) is 13.7. The van der Waals surface area contributed by atoms with Crippen molar-refractivity contribution in [2.24, 2.45) is 5.92 Å². The number of phenols is 1. The van der Waals surface area contributed by atoms with Gasteiger partial charge in [-0.15, -0.1) is 0 Å². The highest BCUT2D eigenvalue weighted by molar-refractivity contribution is 5.68. The molecular formula is C13H13F3O3. The molecule has 0 amide bonds. The van der Waals surface area contributed by atoms with E-state index >= 15 is 0 Å². The highest BCUT2D eigenvalue weighted by atomic mass is 19.4. The van der Waals surface area contributed by atoms with E-state index in [0.717, 1.165) is 18.9 Å². The Balaban J connectivity index is 2.30. The smallest absolute Gasteiger partial charge is 0.416 e. The lowest BCUT2D eigenvalue weighted by Crippen LogP contribution is -2.10. The summed E-state index contributed by atoms with van der Waals surface area (Å²) < 4.78 is 37.4.